The summed E-state index contributed by atoms with van der Waals surface area (Å²) < 4.78 is 13.3. The summed E-state index contributed by atoms with van der Waals surface area (Å²) in [6.07, 6.45) is 3.88. The molecule has 1 rings (SSSR count). The Labute approximate surface area is 106 Å². The average Bonchev–Trinajstić information content (AvgIpc) is 2.33. The van der Waals surface area contributed by atoms with Crippen molar-refractivity contribution in [2.45, 2.75) is 25.7 Å². The number of phenolic OH excluding ortho intramolecular Hbond substituents is 1. The molecule has 0 fully saturated rings. The molecule has 0 heterocycles. The number of aromatic hydroxyl groups is 1. The highest BCUT2D eigenvalue weighted by atomic mass is 19.1. The molecule has 1 aromatic rings. The van der Waals surface area contributed by atoms with Crippen LogP contribution in [0.3, 0.4) is 0 Å². The second kappa shape index (κ2) is 7.66. The normalized spacial score (nSPS) is 10.3. The molecule has 0 aliphatic rings. The highest BCUT2D eigenvalue weighted by Gasteiger charge is 2.11. The molecular weight excluding hydrogens is 235 g/mol. The minimum Gasteiger partial charge on any atom is -0.508 e. The second-order valence-electron chi connectivity index (χ2n) is 4.12. The minimum absolute atomic E-state index is 0.0465. The monoisotopic (exact) mass is 254 g/mol. The quantitative estimate of drug-likeness (QED) is 0.649. The fourth-order valence-electron chi connectivity index (χ4n) is 1.61. The van der Waals surface area contributed by atoms with Crippen molar-refractivity contribution in [2.75, 3.05) is 13.1 Å². The van der Waals surface area contributed by atoms with Crippen molar-refractivity contribution in [3.8, 4) is 5.75 Å². The summed E-state index contributed by atoms with van der Waals surface area (Å²) in [4.78, 5) is 11.6. The smallest absolute Gasteiger partial charge is 0.254 e. The number of amides is 1. The maximum Gasteiger partial charge on any atom is 0.254 e. The van der Waals surface area contributed by atoms with Crippen LogP contribution in [0.4, 0.5) is 4.39 Å². The number of rotatable bonds is 7. The minimum atomic E-state index is -0.712. The van der Waals surface area contributed by atoms with Gasteiger partial charge in [-0.3, -0.25) is 4.79 Å². The number of unbranched alkanes of at least 4 members (excludes halogenated alkanes) is 3. The molecule has 100 valence electrons. The van der Waals surface area contributed by atoms with E-state index in [1.54, 1.807) is 0 Å². The van der Waals surface area contributed by atoms with Crippen LogP contribution in [-0.2, 0) is 0 Å². The van der Waals surface area contributed by atoms with Gasteiger partial charge in [0.15, 0.2) is 0 Å². The first kappa shape index (κ1) is 14.4. The molecule has 0 unspecified atom stereocenters. The van der Waals surface area contributed by atoms with Gasteiger partial charge in [0.25, 0.3) is 5.91 Å². The predicted octanol–water partition coefficient (Wildman–Crippen LogP) is 1.78. The summed E-state index contributed by atoms with van der Waals surface area (Å²) in [5.41, 5.74) is 5.32. The molecule has 0 radical (unpaired) electrons. The molecule has 4 nitrogen and oxygen atoms in total. The molecule has 0 bridgehead atoms. The standard InChI is InChI=1S/C13H19FN2O2/c14-12-9-10(17)5-6-11(12)13(18)16-8-4-2-1-3-7-15/h5-6,9,17H,1-4,7-8,15H2,(H,16,18). The van der Waals surface area contributed by atoms with Crippen LogP contribution in [-0.4, -0.2) is 24.1 Å². The summed E-state index contributed by atoms with van der Waals surface area (Å²) >= 11 is 0. The molecule has 4 N–H and O–H groups in total. The number of nitrogens with two attached hydrogens (primary N) is 1. The van der Waals surface area contributed by atoms with Crippen LogP contribution < -0.4 is 11.1 Å². The van der Waals surface area contributed by atoms with Crippen LogP contribution in [0.1, 0.15) is 36.0 Å². The number of carbonyl (C=O) groups excluding carboxylic acids is 1. The Morgan fingerprint density at radius 3 is 2.67 bits per heavy atom. The van der Waals surface area contributed by atoms with Gasteiger partial charge < -0.3 is 16.2 Å². The van der Waals surface area contributed by atoms with Crippen LogP contribution in [0, 0.1) is 5.82 Å². The number of hydrogen-bond acceptors (Lipinski definition) is 3. The van der Waals surface area contributed by atoms with E-state index in [0.717, 1.165) is 31.7 Å². The summed E-state index contributed by atoms with van der Waals surface area (Å²) in [6, 6.07) is 3.49. The number of benzene rings is 1. The van der Waals surface area contributed by atoms with Gasteiger partial charge in [0.2, 0.25) is 0 Å². The van der Waals surface area contributed by atoms with Gasteiger partial charge in [0.05, 0.1) is 5.56 Å². The molecule has 18 heavy (non-hydrogen) atoms. The van der Waals surface area contributed by atoms with Crippen molar-refractivity contribution < 1.29 is 14.3 Å². The number of carbonyl (C=O) groups is 1. The van der Waals surface area contributed by atoms with Crippen LogP contribution in [0.2, 0.25) is 0 Å². The van der Waals surface area contributed by atoms with E-state index in [9.17, 15) is 9.18 Å². The SMILES string of the molecule is NCCCCCCNC(=O)c1ccc(O)cc1F. The van der Waals surface area contributed by atoms with Gasteiger partial charge in [0, 0.05) is 12.6 Å². The Hall–Kier alpha value is -1.62. The van der Waals surface area contributed by atoms with Crippen molar-refractivity contribution in [3.05, 3.63) is 29.6 Å². The van der Waals surface area contributed by atoms with Crippen LogP contribution in [0.15, 0.2) is 18.2 Å². The molecule has 0 aromatic heterocycles. The Balaban J connectivity index is 2.32. The number of nitrogens with one attached hydrogen (secondary N) is 1. The maximum atomic E-state index is 13.3. The molecule has 1 amide bonds. The molecule has 0 saturated carbocycles. The molecule has 5 heteroatoms. The van der Waals surface area contributed by atoms with Gasteiger partial charge in [-0.1, -0.05) is 12.8 Å². The van der Waals surface area contributed by atoms with E-state index in [1.165, 1.54) is 12.1 Å². The molecule has 1 aromatic carbocycles. The maximum absolute atomic E-state index is 13.3. The van der Waals surface area contributed by atoms with Gasteiger partial charge in [0.1, 0.15) is 11.6 Å². The lowest BCUT2D eigenvalue weighted by Gasteiger charge is -2.06. The van der Waals surface area contributed by atoms with E-state index in [1.807, 2.05) is 0 Å². The van der Waals surface area contributed by atoms with Gasteiger partial charge in [-0.05, 0) is 31.5 Å². The average molecular weight is 254 g/mol. The number of halogens is 1. The van der Waals surface area contributed by atoms with Gasteiger partial charge in [-0.25, -0.2) is 4.39 Å². The second-order valence-corrected chi connectivity index (χ2v) is 4.12. The third kappa shape index (κ3) is 4.71. The molecule has 0 aliphatic heterocycles. The van der Waals surface area contributed by atoms with Crippen molar-refractivity contribution in [1.82, 2.24) is 5.32 Å². The van der Waals surface area contributed by atoms with Crippen molar-refractivity contribution in [2.24, 2.45) is 5.73 Å². The summed E-state index contributed by atoms with van der Waals surface area (Å²) in [6.45, 7) is 1.20. The van der Waals surface area contributed by atoms with E-state index in [2.05, 4.69) is 5.32 Å². The van der Waals surface area contributed by atoms with Crippen LogP contribution >= 0.6 is 0 Å². The highest BCUT2D eigenvalue weighted by molar-refractivity contribution is 5.94. The topological polar surface area (TPSA) is 75.3 Å². The van der Waals surface area contributed by atoms with Crippen molar-refractivity contribution >= 4 is 5.91 Å². The van der Waals surface area contributed by atoms with Crippen molar-refractivity contribution in [1.29, 1.82) is 0 Å². The van der Waals surface area contributed by atoms with Gasteiger partial charge in [-0.15, -0.1) is 0 Å². The third-order valence-corrected chi connectivity index (χ3v) is 2.61. The molecule has 0 saturated heterocycles. The third-order valence-electron chi connectivity index (χ3n) is 2.61. The largest absolute Gasteiger partial charge is 0.508 e. The van der Waals surface area contributed by atoms with E-state index in [0.29, 0.717) is 13.1 Å². The Morgan fingerprint density at radius 2 is 2.00 bits per heavy atom. The van der Waals surface area contributed by atoms with E-state index < -0.39 is 11.7 Å². The van der Waals surface area contributed by atoms with Gasteiger partial charge >= 0.3 is 0 Å². The van der Waals surface area contributed by atoms with E-state index in [4.69, 9.17) is 10.8 Å². The molecular formula is C13H19FN2O2. The molecule has 0 aliphatic carbocycles. The van der Waals surface area contributed by atoms with Crippen molar-refractivity contribution in [3.63, 3.8) is 0 Å². The number of phenols is 1. The summed E-state index contributed by atoms with van der Waals surface area (Å²) in [5, 5.41) is 11.7. The fraction of sp³-hybridized carbons (Fsp3) is 0.462. The lowest BCUT2D eigenvalue weighted by atomic mass is 10.1. The fourth-order valence-corrected chi connectivity index (χ4v) is 1.61. The highest BCUT2D eigenvalue weighted by Crippen LogP contribution is 2.14. The zero-order chi connectivity index (χ0) is 13.4. The predicted molar refractivity (Wildman–Crippen MR) is 67.9 cm³/mol. The molecule has 0 spiro atoms. The Bertz CT molecular complexity index is 397. The lowest BCUT2D eigenvalue weighted by Crippen LogP contribution is -2.25. The first-order valence-electron chi connectivity index (χ1n) is 6.12. The van der Waals surface area contributed by atoms with E-state index >= 15 is 0 Å². The zero-order valence-corrected chi connectivity index (χ0v) is 10.3. The van der Waals surface area contributed by atoms with Gasteiger partial charge in [-0.2, -0.15) is 0 Å². The van der Waals surface area contributed by atoms with Crippen LogP contribution in [0.5, 0.6) is 5.75 Å². The Kier molecular flexibility index (Phi) is 6.14. The molecule has 0 atom stereocenters. The summed E-state index contributed by atoms with van der Waals surface area (Å²) in [7, 11) is 0. The number of hydrogen-bond donors (Lipinski definition) is 3. The first-order chi connectivity index (χ1) is 8.65. The summed E-state index contributed by atoms with van der Waals surface area (Å²) in [5.74, 6) is -1.35. The zero-order valence-electron chi connectivity index (χ0n) is 10.3. The Morgan fingerprint density at radius 1 is 1.28 bits per heavy atom. The lowest BCUT2D eigenvalue weighted by molar-refractivity contribution is 0.0949. The first-order valence-corrected chi connectivity index (χ1v) is 6.12. The van der Waals surface area contributed by atoms with E-state index in [-0.39, 0.29) is 11.3 Å². The van der Waals surface area contributed by atoms with Crippen LogP contribution in [0.25, 0.3) is 0 Å².